The van der Waals surface area contributed by atoms with E-state index < -0.39 is 0 Å². The molecule has 1 unspecified atom stereocenters. The Morgan fingerprint density at radius 2 is 1.90 bits per heavy atom. The maximum absolute atomic E-state index is 4.94. The number of hydrogen-bond donors (Lipinski definition) is 1. The quantitative estimate of drug-likeness (QED) is 0.630. The summed E-state index contributed by atoms with van der Waals surface area (Å²) in [5.74, 6) is 0.544. The predicted octanol–water partition coefficient (Wildman–Crippen LogP) is 4.78. The molecule has 0 spiro atoms. The third-order valence-corrected chi connectivity index (χ3v) is 5.08. The van der Waals surface area contributed by atoms with Gasteiger partial charge in [0.05, 0.1) is 5.69 Å². The Bertz CT molecular complexity index is 401. The topological polar surface area (TPSA) is 28.2 Å². The van der Waals surface area contributed by atoms with Crippen molar-refractivity contribution in [3.05, 3.63) is 10.6 Å². The average molecular weight is 312 g/mol. The van der Waals surface area contributed by atoms with Crippen LogP contribution < -0.4 is 10.2 Å². The zero-order valence-corrected chi connectivity index (χ0v) is 15.5. The maximum Gasteiger partial charge on any atom is 0.185 e. The lowest BCUT2D eigenvalue weighted by molar-refractivity contribution is 0.584. The average Bonchev–Trinajstić information content (AvgIpc) is 2.88. The molecule has 4 heteroatoms. The molecule has 0 amide bonds. The molecule has 0 aromatic carbocycles. The van der Waals surface area contributed by atoms with Gasteiger partial charge in [0.15, 0.2) is 5.13 Å². The van der Waals surface area contributed by atoms with Crippen molar-refractivity contribution in [3.63, 3.8) is 0 Å². The van der Waals surface area contributed by atoms with E-state index in [1.54, 1.807) is 0 Å². The van der Waals surface area contributed by atoms with E-state index >= 15 is 0 Å². The van der Waals surface area contributed by atoms with Crippen LogP contribution >= 0.6 is 11.3 Å². The summed E-state index contributed by atoms with van der Waals surface area (Å²) in [4.78, 5) is 8.68. The molecule has 0 fully saturated rings. The van der Waals surface area contributed by atoms with Gasteiger partial charge < -0.3 is 10.2 Å². The zero-order chi connectivity index (χ0) is 15.8. The molecule has 1 N–H and O–H groups in total. The van der Waals surface area contributed by atoms with E-state index in [2.05, 4.69) is 51.9 Å². The van der Waals surface area contributed by atoms with Crippen molar-refractivity contribution in [1.29, 1.82) is 0 Å². The van der Waals surface area contributed by atoms with Crippen molar-refractivity contribution in [1.82, 2.24) is 10.3 Å². The Morgan fingerprint density at radius 1 is 1.19 bits per heavy atom. The smallest absolute Gasteiger partial charge is 0.185 e. The van der Waals surface area contributed by atoms with Gasteiger partial charge >= 0.3 is 0 Å². The molecule has 1 aromatic heterocycles. The second-order valence-electron chi connectivity index (χ2n) is 6.28. The Morgan fingerprint density at radius 3 is 2.48 bits per heavy atom. The summed E-state index contributed by atoms with van der Waals surface area (Å²) in [6.45, 7) is 13.2. The molecule has 0 aliphatic rings. The lowest BCUT2D eigenvalue weighted by Crippen LogP contribution is -2.22. The van der Waals surface area contributed by atoms with Gasteiger partial charge in [0, 0.05) is 31.1 Å². The van der Waals surface area contributed by atoms with E-state index in [1.807, 2.05) is 11.3 Å². The normalized spacial score (nSPS) is 12.9. The van der Waals surface area contributed by atoms with Crippen molar-refractivity contribution in [2.24, 2.45) is 0 Å². The third kappa shape index (κ3) is 5.95. The van der Waals surface area contributed by atoms with Crippen LogP contribution in [0.3, 0.4) is 0 Å². The number of unbranched alkanes of at least 4 members (excludes halogenated alkanes) is 2. The minimum atomic E-state index is 0.516. The molecular weight excluding hydrogens is 278 g/mol. The summed E-state index contributed by atoms with van der Waals surface area (Å²) in [5, 5.41) is 4.72. The fraction of sp³-hybridized carbons (Fsp3) is 0.824. The van der Waals surface area contributed by atoms with Crippen LogP contribution in [0.15, 0.2) is 0 Å². The molecule has 0 bridgehead atoms. The van der Waals surface area contributed by atoms with Crippen LogP contribution in [0.25, 0.3) is 0 Å². The highest BCUT2D eigenvalue weighted by Gasteiger charge is 2.17. The minimum Gasteiger partial charge on any atom is -0.351 e. The summed E-state index contributed by atoms with van der Waals surface area (Å²) in [7, 11) is 2.18. The summed E-state index contributed by atoms with van der Waals surface area (Å²) in [6, 6.07) is 0.516. The molecule has 0 radical (unpaired) electrons. The Labute approximate surface area is 135 Å². The van der Waals surface area contributed by atoms with Crippen LogP contribution in [-0.2, 0) is 6.54 Å². The van der Waals surface area contributed by atoms with E-state index in [0.29, 0.717) is 12.0 Å². The van der Waals surface area contributed by atoms with Crippen molar-refractivity contribution < 1.29 is 0 Å². The van der Waals surface area contributed by atoms with E-state index in [0.717, 1.165) is 19.5 Å². The van der Waals surface area contributed by atoms with Crippen molar-refractivity contribution >= 4 is 16.5 Å². The zero-order valence-electron chi connectivity index (χ0n) is 14.7. The molecule has 1 heterocycles. The number of anilines is 1. The third-order valence-electron chi connectivity index (χ3n) is 3.89. The Balaban J connectivity index is 2.80. The number of nitrogens with one attached hydrogen (secondary N) is 1. The lowest BCUT2D eigenvalue weighted by atomic mass is 10.0. The van der Waals surface area contributed by atoms with Gasteiger partial charge in [0.2, 0.25) is 0 Å². The molecule has 3 nitrogen and oxygen atoms in total. The fourth-order valence-corrected chi connectivity index (χ4v) is 3.33. The first kappa shape index (κ1) is 18.4. The van der Waals surface area contributed by atoms with E-state index in [-0.39, 0.29) is 0 Å². The van der Waals surface area contributed by atoms with Gasteiger partial charge in [-0.25, -0.2) is 4.98 Å². The van der Waals surface area contributed by atoms with Gasteiger partial charge in [0.1, 0.15) is 0 Å². The summed E-state index contributed by atoms with van der Waals surface area (Å²) < 4.78 is 0. The highest BCUT2D eigenvalue weighted by Crippen LogP contribution is 2.32. The van der Waals surface area contributed by atoms with Gasteiger partial charge in [0.25, 0.3) is 0 Å². The van der Waals surface area contributed by atoms with Gasteiger partial charge in [-0.2, -0.15) is 0 Å². The Hall–Kier alpha value is -0.610. The number of rotatable bonds is 10. The first-order valence-corrected chi connectivity index (χ1v) is 9.25. The molecule has 0 aliphatic heterocycles. The molecule has 122 valence electrons. The van der Waals surface area contributed by atoms with Crippen LogP contribution in [0.4, 0.5) is 5.13 Å². The minimum absolute atomic E-state index is 0.516. The highest BCUT2D eigenvalue weighted by molar-refractivity contribution is 7.15. The SMILES string of the molecule is CCCCCN(C)c1nc(C(C)CC)c(CNC(C)C)s1. The molecule has 0 saturated heterocycles. The van der Waals surface area contributed by atoms with Crippen LogP contribution in [-0.4, -0.2) is 24.6 Å². The lowest BCUT2D eigenvalue weighted by Gasteiger charge is -2.15. The van der Waals surface area contributed by atoms with Crippen molar-refractivity contribution in [2.45, 2.75) is 78.8 Å². The van der Waals surface area contributed by atoms with E-state index in [1.165, 1.54) is 35.0 Å². The van der Waals surface area contributed by atoms with Crippen molar-refractivity contribution in [2.75, 3.05) is 18.5 Å². The van der Waals surface area contributed by atoms with Gasteiger partial charge in [-0.15, -0.1) is 11.3 Å². The number of aromatic nitrogens is 1. The van der Waals surface area contributed by atoms with Gasteiger partial charge in [-0.05, 0) is 18.8 Å². The van der Waals surface area contributed by atoms with Crippen molar-refractivity contribution in [3.8, 4) is 0 Å². The van der Waals surface area contributed by atoms with Crippen LogP contribution in [0.1, 0.15) is 76.8 Å². The summed E-state index contributed by atoms with van der Waals surface area (Å²) in [6.07, 6.45) is 4.98. The van der Waals surface area contributed by atoms with Gasteiger partial charge in [-0.1, -0.05) is 47.5 Å². The second-order valence-corrected chi connectivity index (χ2v) is 7.34. The van der Waals surface area contributed by atoms with Gasteiger partial charge in [-0.3, -0.25) is 0 Å². The predicted molar refractivity (Wildman–Crippen MR) is 95.6 cm³/mol. The largest absolute Gasteiger partial charge is 0.351 e. The summed E-state index contributed by atoms with van der Waals surface area (Å²) >= 11 is 1.86. The maximum atomic E-state index is 4.94. The monoisotopic (exact) mass is 311 g/mol. The second kappa shape index (κ2) is 9.42. The first-order valence-electron chi connectivity index (χ1n) is 8.43. The number of hydrogen-bond acceptors (Lipinski definition) is 4. The summed E-state index contributed by atoms with van der Waals surface area (Å²) in [5.41, 5.74) is 1.30. The Kier molecular flexibility index (Phi) is 8.27. The fourth-order valence-electron chi connectivity index (χ4n) is 2.21. The molecule has 1 rings (SSSR count). The molecule has 0 saturated carbocycles. The molecule has 1 aromatic rings. The molecular formula is C17H33N3S. The molecule has 0 aliphatic carbocycles. The number of thiazole rings is 1. The highest BCUT2D eigenvalue weighted by atomic mass is 32.1. The molecule has 1 atom stereocenters. The van der Waals surface area contributed by atoms with E-state index in [9.17, 15) is 0 Å². The van der Waals surface area contributed by atoms with Crippen LogP contribution in [0.5, 0.6) is 0 Å². The van der Waals surface area contributed by atoms with E-state index in [4.69, 9.17) is 4.98 Å². The standard InChI is InChI=1S/C17H33N3S/c1-7-9-10-11-20(6)17-19-16(14(5)8-2)15(21-17)12-18-13(3)4/h13-14,18H,7-12H2,1-6H3. The molecule has 21 heavy (non-hydrogen) atoms. The first-order chi connectivity index (χ1) is 9.99. The van der Waals surface area contributed by atoms with Crippen LogP contribution in [0.2, 0.25) is 0 Å². The van der Waals surface area contributed by atoms with Crippen LogP contribution in [0, 0.1) is 0 Å². The number of nitrogens with zero attached hydrogens (tertiary/aromatic N) is 2.